The van der Waals surface area contributed by atoms with Gasteiger partial charge in [-0.05, 0) is 12.3 Å². The number of aldehydes is 1. The highest BCUT2D eigenvalue weighted by atomic mass is 19.4. The maximum Gasteiger partial charge on any atom is 0.471 e. The van der Waals surface area contributed by atoms with Crippen molar-refractivity contribution in [2.24, 2.45) is 11.8 Å². The Morgan fingerprint density at radius 3 is 2.70 bits per heavy atom. The summed E-state index contributed by atoms with van der Waals surface area (Å²) in [4.78, 5) is 50.3. The van der Waals surface area contributed by atoms with Gasteiger partial charge in [-0.3, -0.25) is 14.6 Å². The third-order valence-electron chi connectivity index (χ3n) is 4.39. The van der Waals surface area contributed by atoms with E-state index in [1.807, 2.05) is 13.8 Å². The second-order valence-corrected chi connectivity index (χ2v) is 7.22. The van der Waals surface area contributed by atoms with Crippen LogP contribution in [0.4, 0.5) is 19.1 Å². The van der Waals surface area contributed by atoms with Gasteiger partial charge in [0.2, 0.25) is 5.95 Å². The lowest BCUT2D eigenvalue weighted by molar-refractivity contribution is -0.184. The number of carbonyl (C=O) groups excluding carboxylic acids is 2. The molecule has 0 radical (unpaired) electrons. The van der Waals surface area contributed by atoms with Crippen LogP contribution in [-0.4, -0.2) is 49.8 Å². The summed E-state index contributed by atoms with van der Waals surface area (Å²) in [5.41, 5.74) is -0.877. The summed E-state index contributed by atoms with van der Waals surface area (Å²) in [5, 5.41) is 2.94. The van der Waals surface area contributed by atoms with E-state index in [0.29, 0.717) is 23.6 Å². The van der Waals surface area contributed by atoms with Crippen LogP contribution in [0.2, 0.25) is 0 Å². The topological polar surface area (TPSA) is 121 Å². The second kappa shape index (κ2) is 8.20. The maximum atomic E-state index is 13.0. The number of alkyl halides is 3. The van der Waals surface area contributed by atoms with Gasteiger partial charge < -0.3 is 15.0 Å². The first-order chi connectivity index (χ1) is 14.1. The van der Waals surface area contributed by atoms with Crippen LogP contribution in [0.1, 0.15) is 26.0 Å². The van der Waals surface area contributed by atoms with Gasteiger partial charge in [-0.25, -0.2) is 9.97 Å². The molecule has 160 valence electrons. The number of aromatic nitrogens is 4. The van der Waals surface area contributed by atoms with E-state index in [1.165, 1.54) is 6.08 Å². The number of nitrogens with zero attached hydrogens (tertiary/aromatic N) is 4. The highest BCUT2D eigenvalue weighted by Gasteiger charge is 2.45. The Labute approximate surface area is 168 Å². The molecule has 0 saturated heterocycles. The summed E-state index contributed by atoms with van der Waals surface area (Å²) in [6.07, 6.45) is -1.88. The number of carbonyl (C=O) groups is 2. The van der Waals surface area contributed by atoms with Gasteiger partial charge >= 0.3 is 12.1 Å². The molecule has 0 spiro atoms. The summed E-state index contributed by atoms with van der Waals surface area (Å²) in [5.74, 6) is -2.43. The van der Waals surface area contributed by atoms with E-state index in [4.69, 9.17) is 0 Å². The molecule has 2 aromatic heterocycles. The molecule has 0 saturated carbocycles. The number of aromatic amines is 1. The van der Waals surface area contributed by atoms with Crippen molar-refractivity contribution in [3.63, 3.8) is 0 Å². The van der Waals surface area contributed by atoms with Crippen LogP contribution < -0.4 is 10.9 Å². The van der Waals surface area contributed by atoms with Crippen LogP contribution in [0.3, 0.4) is 0 Å². The maximum absolute atomic E-state index is 13.0. The number of H-pyrrole nitrogens is 1. The number of nitrogens with one attached hydrogen (secondary N) is 2. The average Bonchev–Trinajstić information content (AvgIpc) is 2.64. The number of hydrogen-bond acceptors (Lipinski definition) is 7. The van der Waals surface area contributed by atoms with E-state index in [0.717, 1.165) is 6.20 Å². The number of anilines is 1. The Hall–Kier alpha value is -3.31. The molecule has 2 aromatic rings. The van der Waals surface area contributed by atoms with E-state index in [9.17, 15) is 27.6 Å². The van der Waals surface area contributed by atoms with Gasteiger partial charge in [-0.1, -0.05) is 19.9 Å². The number of halogens is 3. The molecule has 2 heterocycles. The van der Waals surface area contributed by atoms with E-state index in [1.54, 1.807) is 0 Å². The molecule has 30 heavy (non-hydrogen) atoms. The fourth-order valence-corrected chi connectivity index (χ4v) is 2.81. The molecule has 0 bridgehead atoms. The molecule has 3 rings (SSSR count). The largest absolute Gasteiger partial charge is 0.471 e. The quantitative estimate of drug-likeness (QED) is 0.650. The van der Waals surface area contributed by atoms with Crippen molar-refractivity contribution in [1.82, 2.24) is 24.8 Å². The van der Waals surface area contributed by atoms with Crippen molar-refractivity contribution in [3.8, 4) is 0 Å². The van der Waals surface area contributed by atoms with Gasteiger partial charge in [-0.15, -0.1) is 0 Å². The van der Waals surface area contributed by atoms with Crippen LogP contribution >= 0.6 is 0 Å². The van der Waals surface area contributed by atoms with Gasteiger partial charge in [-0.2, -0.15) is 18.2 Å². The molecular formula is C18H19F3N6O3. The molecule has 1 amide bonds. The zero-order valence-corrected chi connectivity index (χ0v) is 16.2. The Kier molecular flexibility index (Phi) is 5.85. The molecule has 1 aliphatic carbocycles. The zero-order valence-electron chi connectivity index (χ0n) is 16.2. The van der Waals surface area contributed by atoms with Crippen LogP contribution in [0, 0.1) is 11.8 Å². The standard InChI is InChI=1S/C18H19F3N6O3/c1-9(2)5-23-17-25-14-13(15(29)26-17)24-11(6-22-14)7-27(16(30)18(19,20)21)12-4-3-10(12)8-28/h4,6,8-10H,3,5,7H2,1-2H3,(H2,22,23,25,26,29)/t10-/m0/s1. The third-order valence-corrected chi connectivity index (χ3v) is 4.39. The van der Waals surface area contributed by atoms with E-state index in [2.05, 4.69) is 25.3 Å². The lowest BCUT2D eigenvalue weighted by atomic mass is 9.90. The predicted molar refractivity (Wildman–Crippen MR) is 100 cm³/mol. The van der Waals surface area contributed by atoms with Gasteiger partial charge in [0.25, 0.3) is 5.56 Å². The highest BCUT2D eigenvalue weighted by molar-refractivity contribution is 5.85. The van der Waals surface area contributed by atoms with Crippen molar-refractivity contribution < 1.29 is 22.8 Å². The van der Waals surface area contributed by atoms with Crippen molar-refractivity contribution in [3.05, 3.63) is 34.0 Å². The minimum atomic E-state index is -5.13. The molecule has 0 fully saturated rings. The van der Waals surface area contributed by atoms with Crippen LogP contribution in [0.15, 0.2) is 22.8 Å². The fraction of sp³-hybridized carbons (Fsp3) is 0.444. The Morgan fingerprint density at radius 1 is 1.40 bits per heavy atom. The van der Waals surface area contributed by atoms with Crippen molar-refractivity contribution in [1.29, 1.82) is 0 Å². The highest BCUT2D eigenvalue weighted by Crippen LogP contribution is 2.33. The van der Waals surface area contributed by atoms with Gasteiger partial charge in [0.05, 0.1) is 24.4 Å². The van der Waals surface area contributed by atoms with E-state index < -0.39 is 30.1 Å². The summed E-state index contributed by atoms with van der Waals surface area (Å²) in [6, 6.07) is 0. The molecule has 12 heteroatoms. The first kappa shape index (κ1) is 21.4. The van der Waals surface area contributed by atoms with E-state index >= 15 is 0 Å². The number of hydrogen-bond donors (Lipinski definition) is 2. The number of allylic oxidation sites excluding steroid dienone is 2. The Morgan fingerprint density at radius 2 is 2.13 bits per heavy atom. The van der Waals surface area contributed by atoms with Crippen molar-refractivity contribution >= 4 is 29.3 Å². The monoisotopic (exact) mass is 424 g/mol. The van der Waals surface area contributed by atoms with Crippen LogP contribution in [0.25, 0.3) is 11.2 Å². The first-order valence-electron chi connectivity index (χ1n) is 9.14. The van der Waals surface area contributed by atoms with Crippen molar-refractivity contribution in [2.75, 3.05) is 11.9 Å². The molecule has 0 unspecified atom stereocenters. The number of rotatable bonds is 7. The predicted octanol–water partition coefficient (Wildman–Crippen LogP) is 1.77. The van der Waals surface area contributed by atoms with Crippen LogP contribution in [-0.2, 0) is 16.1 Å². The molecular weight excluding hydrogens is 405 g/mol. The summed E-state index contributed by atoms with van der Waals surface area (Å²) >= 11 is 0. The summed E-state index contributed by atoms with van der Waals surface area (Å²) in [7, 11) is 0. The Balaban J connectivity index is 1.91. The Bertz CT molecular complexity index is 1060. The SMILES string of the molecule is CC(C)CNc1nc2ncc(CN(C(=O)C(F)(F)F)C3=CC[C@H]3C=O)nc2c(=O)[nH]1. The molecule has 0 aliphatic heterocycles. The van der Waals surface area contributed by atoms with Crippen molar-refractivity contribution in [2.45, 2.75) is 33.0 Å². The van der Waals surface area contributed by atoms with Gasteiger partial charge in [0, 0.05) is 12.2 Å². The molecule has 9 nitrogen and oxygen atoms in total. The van der Waals surface area contributed by atoms with Gasteiger partial charge in [0.15, 0.2) is 11.2 Å². The first-order valence-corrected chi connectivity index (χ1v) is 9.14. The smallest absolute Gasteiger partial charge is 0.355 e. The van der Waals surface area contributed by atoms with E-state index in [-0.39, 0.29) is 34.9 Å². The fourth-order valence-electron chi connectivity index (χ4n) is 2.81. The normalized spacial score (nSPS) is 16.2. The zero-order chi connectivity index (χ0) is 22.1. The lowest BCUT2D eigenvalue weighted by Crippen LogP contribution is -2.44. The minimum absolute atomic E-state index is 0.0103. The second-order valence-electron chi connectivity index (χ2n) is 7.22. The summed E-state index contributed by atoms with van der Waals surface area (Å²) in [6.45, 7) is 3.91. The third kappa shape index (κ3) is 4.47. The van der Waals surface area contributed by atoms with Crippen LogP contribution in [0.5, 0.6) is 0 Å². The number of amides is 1. The molecule has 1 aliphatic rings. The average molecular weight is 424 g/mol. The summed E-state index contributed by atoms with van der Waals surface area (Å²) < 4.78 is 39.1. The number of fused-ring (bicyclic) bond motifs is 1. The molecule has 1 atom stereocenters. The molecule has 2 N–H and O–H groups in total. The lowest BCUT2D eigenvalue weighted by Gasteiger charge is -2.33. The molecule has 0 aromatic carbocycles. The minimum Gasteiger partial charge on any atom is -0.355 e. The van der Waals surface area contributed by atoms with Gasteiger partial charge in [0.1, 0.15) is 6.29 Å².